The zero-order valence-corrected chi connectivity index (χ0v) is 18.7. The lowest BCUT2D eigenvalue weighted by atomic mass is 9.95. The van der Waals surface area contributed by atoms with Gasteiger partial charge in [0.1, 0.15) is 11.5 Å². The molecular weight excluding hydrogens is 460 g/mol. The Bertz CT molecular complexity index is 1180. The molecule has 0 aliphatic heterocycles. The number of alkyl halides is 3. The van der Waals surface area contributed by atoms with Crippen LogP contribution in [0.1, 0.15) is 27.8 Å². The molecule has 176 valence electrons. The smallest absolute Gasteiger partial charge is 0.416 e. The lowest BCUT2D eigenvalue weighted by Crippen LogP contribution is -2.04. The van der Waals surface area contributed by atoms with Gasteiger partial charge in [-0.05, 0) is 85.0 Å². The number of phenols is 1. The Labute approximate surface area is 188 Å². The highest BCUT2D eigenvalue weighted by Crippen LogP contribution is 2.37. The molecule has 0 amide bonds. The van der Waals surface area contributed by atoms with Crippen LogP contribution in [0.4, 0.5) is 13.2 Å². The van der Waals surface area contributed by atoms with Gasteiger partial charge in [-0.1, -0.05) is 12.1 Å². The van der Waals surface area contributed by atoms with Crippen LogP contribution in [-0.2, 0) is 17.2 Å². The molecule has 0 radical (unpaired) electrons. The van der Waals surface area contributed by atoms with Gasteiger partial charge < -0.3 is 24.4 Å². The normalized spacial score (nSPS) is 12.0. The summed E-state index contributed by atoms with van der Waals surface area (Å²) in [5.74, 6) is 0.0714. The van der Waals surface area contributed by atoms with Crippen LogP contribution in [0.3, 0.4) is 0 Å². The summed E-state index contributed by atoms with van der Waals surface area (Å²) in [5, 5.41) is 10.1. The average molecular weight is 482 g/mol. The van der Waals surface area contributed by atoms with E-state index in [9.17, 15) is 22.8 Å². The van der Waals surface area contributed by atoms with Crippen molar-refractivity contribution in [3.8, 4) is 23.0 Å². The molecule has 0 fully saturated rings. The first kappa shape index (κ1) is 24.6. The van der Waals surface area contributed by atoms with Gasteiger partial charge in [0.2, 0.25) is 0 Å². The second-order valence-corrected chi connectivity index (χ2v) is 9.17. The van der Waals surface area contributed by atoms with E-state index < -0.39 is 25.7 Å². The SMILES string of the molecule is Cc1cc(OCP(=O)(O)O)cc(C)c1Cc1ccc(O)c(Oc2cccc(C(F)(F)F)c2)c1. The quantitative estimate of drug-likeness (QED) is 0.362. The molecule has 0 saturated carbocycles. The summed E-state index contributed by atoms with van der Waals surface area (Å²) in [6, 6.07) is 12.3. The van der Waals surface area contributed by atoms with Gasteiger partial charge in [-0.2, -0.15) is 13.2 Å². The number of hydrogen-bond acceptors (Lipinski definition) is 4. The van der Waals surface area contributed by atoms with Crippen LogP contribution in [0.5, 0.6) is 23.0 Å². The maximum absolute atomic E-state index is 13.0. The van der Waals surface area contributed by atoms with E-state index in [-0.39, 0.29) is 17.2 Å². The number of ether oxygens (including phenoxy) is 2. The van der Waals surface area contributed by atoms with Crippen molar-refractivity contribution >= 4 is 7.60 Å². The van der Waals surface area contributed by atoms with Gasteiger partial charge in [0.15, 0.2) is 17.8 Å². The predicted octanol–water partition coefficient (Wildman–Crippen LogP) is 5.92. The molecule has 0 aromatic heterocycles. The molecule has 0 heterocycles. The molecule has 3 aromatic carbocycles. The van der Waals surface area contributed by atoms with E-state index in [1.54, 1.807) is 24.3 Å². The van der Waals surface area contributed by atoms with Crippen molar-refractivity contribution in [3.05, 3.63) is 82.4 Å². The monoisotopic (exact) mass is 482 g/mol. The topological polar surface area (TPSA) is 96.2 Å². The Hall–Kier alpha value is -3.00. The van der Waals surface area contributed by atoms with E-state index >= 15 is 0 Å². The summed E-state index contributed by atoms with van der Waals surface area (Å²) in [7, 11) is -4.30. The summed E-state index contributed by atoms with van der Waals surface area (Å²) in [6.07, 6.45) is -4.81. The van der Waals surface area contributed by atoms with Crippen LogP contribution in [0.15, 0.2) is 54.6 Å². The first-order valence-electron chi connectivity index (χ1n) is 9.76. The third-order valence-corrected chi connectivity index (χ3v) is 5.33. The van der Waals surface area contributed by atoms with E-state index in [1.807, 2.05) is 13.8 Å². The molecular formula is C23H22F3O6P. The van der Waals surface area contributed by atoms with Crippen molar-refractivity contribution in [2.75, 3.05) is 6.35 Å². The van der Waals surface area contributed by atoms with Crippen LogP contribution in [-0.4, -0.2) is 21.2 Å². The number of benzene rings is 3. The molecule has 3 aromatic rings. The van der Waals surface area contributed by atoms with Crippen molar-refractivity contribution in [3.63, 3.8) is 0 Å². The highest BCUT2D eigenvalue weighted by molar-refractivity contribution is 7.51. The van der Waals surface area contributed by atoms with Gasteiger partial charge >= 0.3 is 13.8 Å². The molecule has 0 saturated heterocycles. The van der Waals surface area contributed by atoms with Gasteiger partial charge in [0, 0.05) is 0 Å². The van der Waals surface area contributed by atoms with Gasteiger partial charge in [0.25, 0.3) is 0 Å². The molecule has 0 spiro atoms. The Balaban J connectivity index is 1.82. The van der Waals surface area contributed by atoms with Crippen molar-refractivity contribution in [2.45, 2.75) is 26.4 Å². The van der Waals surface area contributed by atoms with Gasteiger partial charge in [0.05, 0.1) is 5.56 Å². The van der Waals surface area contributed by atoms with Gasteiger partial charge in [-0.3, -0.25) is 4.57 Å². The Kier molecular flexibility index (Phi) is 7.07. The first-order valence-corrected chi connectivity index (χ1v) is 11.6. The summed E-state index contributed by atoms with van der Waals surface area (Å²) < 4.78 is 60.6. The molecule has 3 rings (SSSR count). The average Bonchev–Trinajstić information content (AvgIpc) is 2.70. The zero-order valence-electron chi connectivity index (χ0n) is 17.8. The standard InChI is InChI=1S/C23H22F3O6P/c1-14-8-19(31-13-33(28,29)30)9-15(2)20(14)10-16-6-7-21(27)22(11-16)32-18-5-3-4-17(12-18)23(24,25)26/h3-9,11-12,27H,10,13H2,1-2H3,(H2,28,29,30). The van der Waals surface area contributed by atoms with Gasteiger partial charge in [-0.15, -0.1) is 0 Å². The van der Waals surface area contributed by atoms with Crippen LogP contribution >= 0.6 is 7.60 Å². The fraction of sp³-hybridized carbons (Fsp3) is 0.217. The summed E-state index contributed by atoms with van der Waals surface area (Å²) in [5.41, 5.74) is 2.45. The molecule has 6 nitrogen and oxygen atoms in total. The third kappa shape index (κ3) is 6.74. The van der Waals surface area contributed by atoms with E-state index in [1.165, 1.54) is 18.2 Å². The summed E-state index contributed by atoms with van der Waals surface area (Å²) in [6.45, 7) is 3.65. The Morgan fingerprint density at radius 2 is 1.61 bits per heavy atom. The number of aryl methyl sites for hydroxylation is 2. The Morgan fingerprint density at radius 1 is 0.939 bits per heavy atom. The van der Waals surface area contributed by atoms with E-state index in [0.29, 0.717) is 12.2 Å². The molecule has 0 unspecified atom stereocenters. The number of phenolic OH excluding ortho intramolecular Hbond substituents is 1. The maximum atomic E-state index is 13.0. The molecule has 3 N–H and O–H groups in total. The summed E-state index contributed by atoms with van der Waals surface area (Å²) in [4.78, 5) is 17.9. The molecule has 0 bridgehead atoms. The lowest BCUT2D eigenvalue weighted by molar-refractivity contribution is -0.137. The van der Waals surface area contributed by atoms with Crippen molar-refractivity contribution < 1.29 is 42.1 Å². The van der Waals surface area contributed by atoms with Crippen LogP contribution in [0.25, 0.3) is 0 Å². The second kappa shape index (κ2) is 9.47. The van der Waals surface area contributed by atoms with Crippen LogP contribution < -0.4 is 9.47 Å². The molecule has 0 aliphatic carbocycles. The number of aromatic hydroxyl groups is 1. The fourth-order valence-corrected chi connectivity index (χ4v) is 3.61. The highest BCUT2D eigenvalue weighted by atomic mass is 31.2. The summed E-state index contributed by atoms with van der Waals surface area (Å²) >= 11 is 0. The number of hydrogen-bond donors (Lipinski definition) is 3. The molecule has 0 aliphatic rings. The minimum atomic E-state index is -4.51. The third-order valence-electron chi connectivity index (χ3n) is 4.86. The Morgan fingerprint density at radius 3 is 2.21 bits per heavy atom. The van der Waals surface area contributed by atoms with E-state index in [2.05, 4.69) is 0 Å². The van der Waals surface area contributed by atoms with Crippen molar-refractivity contribution in [1.29, 1.82) is 0 Å². The molecule has 10 heteroatoms. The number of halogens is 3. The van der Waals surface area contributed by atoms with Crippen molar-refractivity contribution in [1.82, 2.24) is 0 Å². The van der Waals surface area contributed by atoms with Crippen molar-refractivity contribution in [2.24, 2.45) is 0 Å². The minimum Gasteiger partial charge on any atom is -0.504 e. The van der Waals surface area contributed by atoms with Gasteiger partial charge in [-0.25, -0.2) is 0 Å². The largest absolute Gasteiger partial charge is 0.504 e. The molecule has 33 heavy (non-hydrogen) atoms. The lowest BCUT2D eigenvalue weighted by Gasteiger charge is -2.15. The minimum absolute atomic E-state index is 0.0173. The van der Waals surface area contributed by atoms with E-state index in [4.69, 9.17) is 19.3 Å². The van der Waals surface area contributed by atoms with E-state index in [0.717, 1.165) is 34.4 Å². The maximum Gasteiger partial charge on any atom is 0.416 e. The van der Waals surface area contributed by atoms with Crippen LogP contribution in [0, 0.1) is 13.8 Å². The fourth-order valence-electron chi connectivity index (χ4n) is 3.29. The number of rotatable bonds is 7. The zero-order chi connectivity index (χ0) is 24.4. The second-order valence-electron chi connectivity index (χ2n) is 7.58. The molecule has 0 atom stereocenters. The van der Waals surface area contributed by atoms with Crippen LogP contribution in [0.2, 0.25) is 0 Å². The first-order chi connectivity index (χ1) is 15.3. The predicted molar refractivity (Wildman–Crippen MR) is 116 cm³/mol. The highest BCUT2D eigenvalue weighted by Gasteiger charge is 2.30.